The van der Waals surface area contributed by atoms with Gasteiger partial charge in [0.05, 0.1) is 11.1 Å². The highest BCUT2D eigenvalue weighted by atomic mass is 16.3. The Morgan fingerprint density at radius 1 is 0.571 bits per heavy atom. The van der Waals surface area contributed by atoms with Gasteiger partial charge in [0, 0.05) is 5.56 Å². The predicted molar refractivity (Wildman–Crippen MR) is 109 cm³/mol. The van der Waals surface area contributed by atoms with Crippen LogP contribution in [-0.2, 0) is 0 Å². The quantitative estimate of drug-likeness (QED) is 0.537. The van der Waals surface area contributed by atoms with E-state index in [1.165, 1.54) is 0 Å². The second kappa shape index (κ2) is 7.12. The summed E-state index contributed by atoms with van der Waals surface area (Å²) in [4.78, 5) is 13.8. The molecule has 4 aromatic rings. The molecule has 5 heteroatoms. The summed E-state index contributed by atoms with van der Waals surface area (Å²) in [6, 6.07) is 19.9. The number of benzene rings is 3. The summed E-state index contributed by atoms with van der Waals surface area (Å²) in [5.41, 5.74) is 4.08. The van der Waals surface area contributed by atoms with Gasteiger partial charge >= 0.3 is 0 Å². The van der Waals surface area contributed by atoms with Crippen LogP contribution in [0.3, 0.4) is 0 Å². The number of aromatic hydroxyl groups is 2. The molecule has 4 rings (SSSR count). The normalized spacial score (nSPS) is 10.8. The molecule has 0 radical (unpaired) electrons. The third kappa shape index (κ3) is 3.30. The molecule has 0 saturated heterocycles. The summed E-state index contributed by atoms with van der Waals surface area (Å²) in [7, 11) is 0. The minimum absolute atomic E-state index is 0.0866. The largest absolute Gasteiger partial charge is 0.507 e. The van der Waals surface area contributed by atoms with Gasteiger partial charge in [-0.1, -0.05) is 48.0 Å². The number of hydrogen-bond donors (Lipinski definition) is 2. The van der Waals surface area contributed by atoms with Gasteiger partial charge in [0.2, 0.25) is 0 Å². The molecule has 0 spiro atoms. The van der Waals surface area contributed by atoms with E-state index in [1.807, 2.05) is 38.1 Å². The van der Waals surface area contributed by atoms with Gasteiger partial charge in [0.1, 0.15) is 11.5 Å². The van der Waals surface area contributed by atoms with Crippen LogP contribution in [0.4, 0.5) is 0 Å². The van der Waals surface area contributed by atoms with Crippen molar-refractivity contribution < 1.29 is 10.2 Å². The molecule has 5 nitrogen and oxygen atoms in total. The molecule has 0 fully saturated rings. The third-order valence-corrected chi connectivity index (χ3v) is 4.55. The van der Waals surface area contributed by atoms with E-state index in [1.54, 1.807) is 36.4 Å². The fraction of sp³-hybridized carbons (Fsp3) is 0.0870. The molecule has 0 amide bonds. The Kier molecular flexibility index (Phi) is 4.49. The second-order valence-corrected chi connectivity index (χ2v) is 6.66. The van der Waals surface area contributed by atoms with Crippen molar-refractivity contribution in [3.05, 3.63) is 77.9 Å². The van der Waals surface area contributed by atoms with Crippen LogP contribution in [0.2, 0.25) is 0 Å². The number of phenols is 2. The third-order valence-electron chi connectivity index (χ3n) is 4.55. The number of hydrogen-bond acceptors (Lipinski definition) is 5. The standard InChI is InChI=1S/C23H19N3O2/c1-14-11-12-16(15(2)13-14)21-24-22(17-7-3-5-9-19(17)27)26-23(25-21)18-8-4-6-10-20(18)28/h3-13,27-28H,1-2H3. The van der Waals surface area contributed by atoms with E-state index in [0.717, 1.165) is 16.7 Å². The zero-order valence-corrected chi connectivity index (χ0v) is 15.6. The summed E-state index contributed by atoms with van der Waals surface area (Å²) in [5.74, 6) is 1.36. The van der Waals surface area contributed by atoms with Crippen molar-refractivity contribution in [2.45, 2.75) is 13.8 Å². The van der Waals surface area contributed by atoms with Crippen molar-refractivity contribution in [2.24, 2.45) is 0 Å². The molecular formula is C23H19N3O2. The lowest BCUT2D eigenvalue weighted by Gasteiger charge is -2.11. The molecule has 3 aromatic carbocycles. The molecule has 0 aliphatic rings. The van der Waals surface area contributed by atoms with Crippen molar-refractivity contribution >= 4 is 0 Å². The fourth-order valence-corrected chi connectivity index (χ4v) is 3.13. The minimum Gasteiger partial charge on any atom is -0.507 e. The Bertz CT molecular complexity index is 1110. The Morgan fingerprint density at radius 3 is 1.50 bits per heavy atom. The first-order chi connectivity index (χ1) is 13.5. The van der Waals surface area contributed by atoms with Crippen LogP contribution in [0.1, 0.15) is 11.1 Å². The van der Waals surface area contributed by atoms with Crippen molar-refractivity contribution in [1.29, 1.82) is 0 Å². The summed E-state index contributed by atoms with van der Waals surface area (Å²) in [6.07, 6.45) is 0. The zero-order chi connectivity index (χ0) is 19.7. The van der Waals surface area contributed by atoms with E-state index in [4.69, 9.17) is 0 Å². The Morgan fingerprint density at radius 2 is 1.04 bits per heavy atom. The Labute approximate surface area is 163 Å². The van der Waals surface area contributed by atoms with Gasteiger partial charge in [-0.25, -0.2) is 15.0 Å². The molecule has 2 N–H and O–H groups in total. The number of aryl methyl sites for hydroxylation is 2. The van der Waals surface area contributed by atoms with Gasteiger partial charge in [-0.2, -0.15) is 0 Å². The molecule has 0 aliphatic carbocycles. The van der Waals surface area contributed by atoms with Gasteiger partial charge in [-0.3, -0.25) is 0 Å². The van der Waals surface area contributed by atoms with Crippen LogP contribution >= 0.6 is 0 Å². The van der Waals surface area contributed by atoms with E-state index < -0.39 is 0 Å². The van der Waals surface area contributed by atoms with E-state index >= 15 is 0 Å². The first kappa shape index (κ1) is 17.7. The van der Waals surface area contributed by atoms with Gasteiger partial charge in [0.15, 0.2) is 17.5 Å². The van der Waals surface area contributed by atoms with Crippen LogP contribution in [0.25, 0.3) is 34.2 Å². The first-order valence-electron chi connectivity index (χ1n) is 8.93. The number of phenolic OH excluding ortho intramolecular Hbond substituents is 2. The maximum absolute atomic E-state index is 10.3. The molecule has 1 aromatic heterocycles. The van der Waals surface area contributed by atoms with Gasteiger partial charge < -0.3 is 10.2 Å². The van der Waals surface area contributed by atoms with Crippen LogP contribution in [-0.4, -0.2) is 25.2 Å². The summed E-state index contributed by atoms with van der Waals surface area (Å²) < 4.78 is 0. The second-order valence-electron chi connectivity index (χ2n) is 6.66. The molecule has 0 saturated carbocycles. The molecule has 0 aliphatic heterocycles. The molecule has 0 unspecified atom stereocenters. The maximum Gasteiger partial charge on any atom is 0.167 e. The highest BCUT2D eigenvalue weighted by Crippen LogP contribution is 2.32. The summed E-state index contributed by atoms with van der Waals surface area (Å²) in [6.45, 7) is 4.04. The SMILES string of the molecule is Cc1ccc(-c2nc(-c3ccccc3O)nc(-c3ccccc3O)n2)c(C)c1. The smallest absolute Gasteiger partial charge is 0.167 e. The van der Waals surface area contributed by atoms with E-state index in [9.17, 15) is 10.2 Å². The Hall–Kier alpha value is -3.73. The van der Waals surface area contributed by atoms with Gasteiger partial charge in [-0.05, 0) is 43.7 Å². The number of para-hydroxylation sites is 2. The van der Waals surface area contributed by atoms with E-state index in [2.05, 4.69) is 21.0 Å². The fourth-order valence-electron chi connectivity index (χ4n) is 3.13. The minimum atomic E-state index is 0.0866. The predicted octanol–water partition coefficient (Wildman–Crippen LogP) is 4.90. The van der Waals surface area contributed by atoms with Crippen LogP contribution in [0, 0.1) is 13.8 Å². The van der Waals surface area contributed by atoms with Gasteiger partial charge in [-0.15, -0.1) is 0 Å². The molecule has 28 heavy (non-hydrogen) atoms. The van der Waals surface area contributed by atoms with Crippen molar-refractivity contribution in [3.8, 4) is 45.7 Å². The number of aromatic nitrogens is 3. The van der Waals surface area contributed by atoms with E-state index in [0.29, 0.717) is 28.6 Å². The molecule has 0 bridgehead atoms. The molecule has 1 heterocycles. The monoisotopic (exact) mass is 369 g/mol. The average Bonchev–Trinajstić information content (AvgIpc) is 2.68. The highest BCUT2D eigenvalue weighted by molar-refractivity contribution is 5.72. The van der Waals surface area contributed by atoms with Gasteiger partial charge in [0.25, 0.3) is 0 Å². The van der Waals surface area contributed by atoms with Crippen molar-refractivity contribution in [3.63, 3.8) is 0 Å². The lowest BCUT2D eigenvalue weighted by molar-refractivity contribution is 0.477. The van der Waals surface area contributed by atoms with E-state index in [-0.39, 0.29) is 11.5 Å². The molecule has 138 valence electrons. The Balaban J connectivity index is 1.99. The maximum atomic E-state index is 10.3. The number of nitrogens with zero attached hydrogens (tertiary/aromatic N) is 3. The molecule has 0 atom stereocenters. The molecular weight excluding hydrogens is 350 g/mol. The number of rotatable bonds is 3. The topological polar surface area (TPSA) is 79.1 Å². The summed E-state index contributed by atoms with van der Waals surface area (Å²) >= 11 is 0. The van der Waals surface area contributed by atoms with Crippen molar-refractivity contribution in [1.82, 2.24) is 15.0 Å². The lowest BCUT2D eigenvalue weighted by atomic mass is 10.0. The zero-order valence-electron chi connectivity index (χ0n) is 15.6. The lowest BCUT2D eigenvalue weighted by Crippen LogP contribution is -2.01. The van der Waals surface area contributed by atoms with Crippen LogP contribution < -0.4 is 0 Å². The summed E-state index contributed by atoms with van der Waals surface area (Å²) in [5, 5.41) is 20.6. The van der Waals surface area contributed by atoms with Crippen molar-refractivity contribution in [2.75, 3.05) is 0 Å². The van der Waals surface area contributed by atoms with Crippen LogP contribution in [0.5, 0.6) is 11.5 Å². The van der Waals surface area contributed by atoms with Crippen LogP contribution in [0.15, 0.2) is 66.7 Å². The first-order valence-corrected chi connectivity index (χ1v) is 8.93. The average molecular weight is 369 g/mol. The highest BCUT2D eigenvalue weighted by Gasteiger charge is 2.16.